The summed E-state index contributed by atoms with van der Waals surface area (Å²) in [6, 6.07) is 16.2. The number of esters is 1. The number of halogens is 2. The number of hydrogen-bond acceptors (Lipinski definition) is 6. The minimum atomic E-state index is -0.932. The van der Waals surface area contributed by atoms with Crippen LogP contribution in [0.15, 0.2) is 65.8 Å². The zero-order valence-electron chi connectivity index (χ0n) is 18.8. The Morgan fingerprint density at radius 3 is 2.49 bits per heavy atom. The van der Waals surface area contributed by atoms with Gasteiger partial charge in [-0.3, -0.25) is 9.59 Å². The normalized spacial score (nSPS) is 10.6. The van der Waals surface area contributed by atoms with Crippen LogP contribution in [0.1, 0.15) is 28.4 Å². The highest BCUT2D eigenvalue weighted by atomic mass is 35.5. The first-order chi connectivity index (χ1) is 16.8. The third kappa shape index (κ3) is 7.30. The Bertz CT molecular complexity index is 1290. The molecular formula is C25H21Cl2N3O5. The van der Waals surface area contributed by atoms with Crippen molar-refractivity contribution < 1.29 is 23.9 Å². The van der Waals surface area contributed by atoms with E-state index < -0.39 is 17.8 Å². The molecule has 0 unspecified atom stereocenters. The van der Waals surface area contributed by atoms with Crippen LogP contribution in [0.5, 0.6) is 11.5 Å². The van der Waals surface area contributed by atoms with E-state index in [0.717, 1.165) is 5.56 Å². The molecule has 0 atom stereocenters. The molecule has 0 saturated heterocycles. The fourth-order valence-electron chi connectivity index (χ4n) is 2.89. The number of anilines is 1. The summed E-state index contributed by atoms with van der Waals surface area (Å²) in [5.41, 5.74) is 4.28. The van der Waals surface area contributed by atoms with Crippen LogP contribution >= 0.6 is 23.2 Å². The summed E-state index contributed by atoms with van der Waals surface area (Å²) < 4.78 is 11.0. The molecule has 2 N–H and O–H groups in total. The van der Waals surface area contributed by atoms with E-state index in [-0.39, 0.29) is 22.1 Å². The molecule has 3 rings (SSSR count). The van der Waals surface area contributed by atoms with Crippen LogP contribution in [-0.4, -0.2) is 30.6 Å². The first kappa shape index (κ1) is 25.7. The predicted molar refractivity (Wildman–Crippen MR) is 135 cm³/mol. The Kier molecular flexibility index (Phi) is 8.83. The summed E-state index contributed by atoms with van der Waals surface area (Å²) in [6.45, 7) is 3.95. The molecule has 0 aromatic heterocycles. The number of rotatable bonds is 7. The van der Waals surface area contributed by atoms with Crippen LogP contribution in [0.4, 0.5) is 5.69 Å². The Labute approximate surface area is 211 Å². The van der Waals surface area contributed by atoms with Crippen LogP contribution in [0.2, 0.25) is 10.0 Å². The van der Waals surface area contributed by atoms with E-state index in [1.54, 1.807) is 37.3 Å². The molecule has 0 saturated carbocycles. The number of benzene rings is 3. The second-order valence-corrected chi connectivity index (χ2v) is 8.02. The second kappa shape index (κ2) is 12.0. The Hall–Kier alpha value is -3.88. The number of carbonyl (C=O) groups excluding carboxylic acids is 3. The van der Waals surface area contributed by atoms with E-state index in [1.807, 2.05) is 13.0 Å². The zero-order valence-corrected chi connectivity index (χ0v) is 20.3. The molecule has 35 heavy (non-hydrogen) atoms. The van der Waals surface area contributed by atoms with E-state index in [9.17, 15) is 14.4 Å². The summed E-state index contributed by atoms with van der Waals surface area (Å²) in [5.74, 6) is -2.02. The number of nitrogens with one attached hydrogen (secondary N) is 2. The SMILES string of the molecule is CCOc1cc(C=NNC(=O)C(=O)Nc2cccc(C)c2)ccc1OC(=O)c1ccc(Cl)cc1Cl. The molecule has 180 valence electrons. The van der Waals surface area contributed by atoms with Gasteiger partial charge in [-0.15, -0.1) is 0 Å². The van der Waals surface area contributed by atoms with E-state index in [4.69, 9.17) is 32.7 Å². The molecule has 0 radical (unpaired) electrons. The van der Waals surface area contributed by atoms with Gasteiger partial charge in [0.2, 0.25) is 0 Å². The zero-order chi connectivity index (χ0) is 25.4. The number of ether oxygens (including phenoxy) is 2. The fraction of sp³-hybridized carbons (Fsp3) is 0.120. The Morgan fingerprint density at radius 1 is 0.971 bits per heavy atom. The molecule has 2 amide bonds. The maximum absolute atomic E-state index is 12.5. The van der Waals surface area contributed by atoms with Crippen molar-refractivity contribution in [2.24, 2.45) is 5.10 Å². The first-order valence-corrected chi connectivity index (χ1v) is 11.2. The minimum absolute atomic E-state index is 0.149. The van der Waals surface area contributed by atoms with E-state index in [0.29, 0.717) is 22.9 Å². The van der Waals surface area contributed by atoms with Gasteiger partial charge < -0.3 is 14.8 Å². The van der Waals surface area contributed by atoms with Crippen molar-refractivity contribution in [3.8, 4) is 11.5 Å². The molecule has 0 aliphatic rings. The molecule has 10 heteroatoms. The van der Waals surface area contributed by atoms with Gasteiger partial charge in [-0.2, -0.15) is 5.10 Å². The number of hydrogen-bond donors (Lipinski definition) is 2. The lowest BCUT2D eigenvalue weighted by molar-refractivity contribution is -0.136. The first-order valence-electron chi connectivity index (χ1n) is 10.4. The quantitative estimate of drug-likeness (QED) is 0.152. The van der Waals surface area contributed by atoms with Gasteiger partial charge in [-0.05, 0) is 73.5 Å². The highest BCUT2D eigenvalue weighted by molar-refractivity contribution is 6.39. The lowest BCUT2D eigenvalue weighted by atomic mass is 10.2. The second-order valence-electron chi connectivity index (χ2n) is 7.18. The van der Waals surface area contributed by atoms with Gasteiger partial charge in [0.25, 0.3) is 0 Å². The van der Waals surface area contributed by atoms with Crippen molar-refractivity contribution >= 4 is 52.9 Å². The maximum atomic E-state index is 12.5. The largest absolute Gasteiger partial charge is 0.490 e. The Morgan fingerprint density at radius 2 is 1.77 bits per heavy atom. The third-order valence-corrected chi connectivity index (χ3v) is 5.03. The molecule has 0 bridgehead atoms. The minimum Gasteiger partial charge on any atom is -0.490 e. The molecule has 8 nitrogen and oxygen atoms in total. The van der Waals surface area contributed by atoms with Crippen molar-refractivity contribution in [2.75, 3.05) is 11.9 Å². The van der Waals surface area contributed by atoms with E-state index in [1.165, 1.54) is 30.5 Å². The van der Waals surface area contributed by atoms with E-state index in [2.05, 4.69) is 15.8 Å². The van der Waals surface area contributed by atoms with Gasteiger partial charge in [-0.1, -0.05) is 35.3 Å². The summed E-state index contributed by atoms with van der Waals surface area (Å²) in [5, 5.41) is 6.85. The standard InChI is InChI=1S/C25H21Cl2N3O5/c1-3-34-22-12-16(7-10-21(22)35-25(33)19-9-8-17(26)13-20(19)27)14-28-30-24(32)23(31)29-18-6-4-5-15(2)11-18/h4-14H,3H2,1-2H3,(H,29,31)(H,30,32). The van der Waals surface area contributed by atoms with Gasteiger partial charge in [0, 0.05) is 10.7 Å². The van der Waals surface area contributed by atoms with Crippen LogP contribution in [0.25, 0.3) is 0 Å². The smallest absolute Gasteiger partial charge is 0.345 e. The fourth-order valence-corrected chi connectivity index (χ4v) is 3.38. The number of hydrazone groups is 1. The summed E-state index contributed by atoms with van der Waals surface area (Å²) >= 11 is 11.9. The molecule has 0 aliphatic heterocycles. The van der Waals surface area contributed by atoms with E-state index >= 15 is 0 Å². The van der Waals surface area contributed by atoms with Gasteiger partial charge in [0.1, 0.15) is 0 Å². The lowest BCUT2D eigenvalue weighted by Crippen LogP contribution is -2.32. The van der Waals surface area contributed by atoms with Crippen LogP contribution < -0.4 is 20.2 Å². The monoisotopic (exact) mass is 513 g/mol. The number of nitrogens with zero attached hydrogens (tertiary/aromatic N) is 1. The Balaban J connectivity index is 1.65. The topological polar surface area (TPSA) is 106 Å². The summed E-state index contributed by atoms with van der Waals surface area (Å²) in [6.07, 6.45) is 1.32. The van der Waals surface area contributed by atoms with Crippen molar-refractivity contribution in [1.29, 1.82) is 0 Å². The molecular weight excluding hydrogens is 493 g/mol. The van der Waals surface area contributed by atoms with Gasteiger partial charge in [-0.25, -0.2) is 10.2 Å². The van der Waals surface area contributed by atoms with Crippen LogP contribution in [0.3, 0.4) is 0 Å². The highest BCUT2D eigenvalue weighted by Crippen LogP contribution is 2.30. The molecule has 0 heterocycles. The summed E-state index contributed by atoms with van der Waals surface area (Å²) in [7, 11) is 0. The lowest BCUT2D eigenvalue weighted by Gasteiger charge is -2.12. The van der Waals surface area contributed by atoms with Crippen LogP contribution in [-0.2, 0) is 9.59 Å². The average molecular weight is 514 g/mol. The highest BCUT2D eigenvalue weighted by Gasteiger charge is 2.17. The predicted octanol–water partition coefficient (Wildman–Crippen LogP) is 5.01. The summed E-state index contributed by atoms with van der Waals surface area (Å²) in [4.78, 5) is 36.6. The molecule has 3 aromatic rings. The van der Waals surface area contributed by atoms with Crippen molar-refractivity contribution in [2.45, 2.75) is 13.8 Å². The van der Waals surface area contributed by atoms with Gasteiger partial charge in [0.05, 0.1) is 23.4 Å². The van der Waals surface area contributed by atoms with Crippen molar-refractivity contribution in [3.05, 3.63) is 87.4 Å². The third-order valence-electron chi connectivity index (χ3n) is 4.48. The van der Waals surface area contributed by atoms with Crippen LogP contribution in [0, 0.1) is 6.92 Å². The molecule has 0 spiro atoms. The van der Waals surface area contributed by atoms with Crippen molar-refractivity contribution in [3.63, 3.8) is 0 Å². The van der Waals surface area contributed by atoms with Gasteiger partial charge in [0.15, 0.2) is 11.5 Å². The molecule has 3 aromatic carbocycles. The maximum Gasteiger partial charge on any atom is 0.345 e. The number of aryl methyl sites for hydroxylation is 1. The molecule has 0 fully saturated rings. The average Bonchev–Trinajstić information content (AvgIpc) is 2.80. The molecule has 0 aliphatic carbocycles. The van der Waals surface area contributed by atoms with Gasteiger partial charge >= 0.3 is 17.8 Å². The number of carbonyl (C=O) groups is 3. The van der Waals surface area contributed by atoms with Crippen molar-refractivity contribution in [1.82, 2.24) is 5.43 Å². The number of amides is 2.